The summed E-state index contributed by atoms with van der Waals surface area (Å²) in [5.74, 6) is -0.364. The minimum absolute atomic E-state index is 0.261. The van der Waals surface area contributed by atoms with Crippen LogP contribution in [-0.2, 0) is 14.3 Å². The van der Waals surface area contributed by atoms with E-state index >= 15 is 0 Å². The summed E-state index contributed by atoms with van der Waals surface area (Å²) in [5, 5.41) is 0. The topological polar surface area (TPSA) is 61.5 Å². The van der Waals surface area contributed by atoms with Crippen LogP contribution < -0.4 is 5.73 Å². The van der Waals surface area contributed by atoms with E-state index in [1.165, 1.54) is 0 Å². The first-order chi connectivity index (χ1) is 6.39. The Balaban J connectivity index is 3.74. The van der Waals surface area contributed by atoms with Gasteiger partial charge in [0.15, 0.2) is 0 Å². The van der Waals surface area contributed by atoms with Gasteiger partial charge in [0.05, 0.1) is 6.61 Å². The first-order valence-corrected chi connectivity index (χ1v) is 4.89. The number of ether oxygens (including phenoxy) is 2. The summed E-state index contributed by atoms with van der Waals surface area (Å²) in [6.07, 6.45) is 0. The Morgan fingerprint density at radius 3 is 2.36 bits per heavy atom. The van der Waals surface area contributed by atoms with Gasteiger partial charge in [-0.15, -0.1) is 0 Å². The van der Waals surface area contributed by atoms with Crippen molar-refractivity contribution in [2.75, 3.05) is 19.8 Å². The van der Waals surface area contributed by atoms with E-state index in [4.69, 9.17) is 15.2 Å². The van der Waals surface area contributed by atoms with Crippen LogP contribution in [-0.4, -0.2) is 31.8 Å². The minimum Gasteiger partial charge on any atom is -0.462 e. The lowest BCUT2D eigenvalue weighted by molar-refractivity contribution is -0.149. The molecule has 84 valence electrons. The number of carbonyl (C=O) groups is 1. The third-order valence-electron chi connectivity index (χ3n) is 1.86. The van der Waals surface area contributed by atoms with Crippen molar-refractivity contribution >= 4 is 5.97 Å². The molecule has 0 rings (SSSR count). The standard InChI is InChI=1S/C10H21NO3/c1-5-13-6-7-14-9(12)8(11)10(2,3)4/h8H,5-7,11H2,1-4H3/t8-/m0/s1. The van der Waals surface area contributed by atoms with E-state index < -0.39 is 6.04 Å². The molecule has 4 heteroatoms. The molecule has 14 heavy (non-hydrogen) atoms. The van der Waals surface area contributed by atoms with Gasteiger partial charge in [0.2, 0.25) is 0 Å². The van der Waals surface area contributed by atoms with E-state index in [1.807, 2.05) is 27.7 Å². The fraction of sp³-hybridized carbons (Fsp3) is 0.900. The molecule has 0 amide bonds. The highest BCUT2D eigenvalue weighted by atomic mass is 16.6. The predicted octanol–water partition coefficient (Wildman–Crippen LogP) is 0.939. The lowest BCUT2D eigenvalue weighted by Gasteiger charge is -2.24. The van der Waals surface area contributed by atoms with Crippen molar-refractivity contribution in [1.29, 1.82) is 0 Å². The van der Waals surface area contributed by atoms with Gasteiger partial charge in [-0.25, -0.2) is 0 Å². The van der Waals surface area contributed by atoms with Gasteiger partial charge < -0.3 is 15.2 Å². The Kier molecular flexibility index (Phi) is 5.72. The van der Waals surface area contributed by atoms with Gasteiger partial charge in [-0.2, -0.15) is 0 Å². The van der Waals surface area contributed by atoms with Gasteiger partial charge in [-0.05, 0) is 12.3 Å². The Morgan fingerprint density at radius 1 is 1.36 bits per heavy atom. The van der Waals surface area contributed by atoms with E-state index in [2.05, 4.69) is 0 Å². The van der Waals surface area contributed by atoms with Crippen molar-refractivity contribution < 1.29 is 14.3 Å². The van der Waals surface area contributed by atoms with Crippen LogP contribution in [0.3, 0.4) is 0 Å². The fourth-order valence-corrected chi connectivity index (χ4v) is 0.789. The van der Waals surface area contributed by atoms with Crippen LogP contribution in [0, 0.1) is 5.41 Å². The quantitative estimate of drug-likeness (QED) is 0.533. The Bertz CT molecular complexity index is 175. The maximum atomic E-state index is 11.4. The maximum Gasteiger partial charge on any atom is 0.323 e. The first kappa shape index (κ1) is 13.4. The molecule has 0 aliphatic carbocycles. The molecule has 0 bridgehead atoms. The lowest BCUT2D eigenvalue weighted by atomic mass is 9.87. The molecule has 0 spiro atoms. The van der Waals surface area contributed by atoms with E-state index in [1.54, 1.807) is 0 Å². The smallest absolute Gasteiger partial charge is 0.323 e. The number of hydrogen-bond acceptors (Lipinski definition) is 4. The molecule has 0 saturated heterocycles. The minimum atomic E-state index is -0.580. The molecule has 0 aromatic carbocycles. The Hall–Kier alpha value is -0.610. The number of hydrogen-bond donors (Lipinski definition) is 1. The molecule has 0 heterocycles. The van der Waals surface area contributed by atoms with Gasteiger partial charge in [0, 0.05) is 6.61 Å². The first-order valence-electron chi connectivity index (χ1n) is 4.89. The second kappa shape index (κ2) is 5.98. The number of carbonyl (C=O) groups excluding carboxylic acids is 1. The monoisotopic (exact) mass is 203 g/mol. The molecule has 2 N–H and O–H groups in total. The van der Waals surface area contributed by atoms with Crippen LogP contribution in [0.2, 0.25) is 0 Å². The molecule has 0 aromatic heterocycles. The van der Waals surface area contributed by atoms with E-state index in [9.17, 15) is 4.79 Å². The number of rotatable bonds is 5. The van der Waals surface area contributed by atoms with Crippen molar-refractivity contribution in [3.05, 3.63) is 0 Å². The molecular weight excluding hydrogens is 182 g/mol. The summed E-state index contributed by atoms with van der Waals surface area (Å²) in [4.78, 5) is 11.4. The molecule has 0 fully saturated rings. The molecule has 0 radical (unpaired) electrons. The third-order valence-corrected chi connectivity index (χ3v) is 1.86. The van der Waals surface area contributed by atoms with Gasteiger partial charge in [-0.1, -0.05) is 20.8 Å². The summed E-state index contributed by atoms with van der Waals surface area (Å²) in [7, 11) is 0. The van der Waals surface area contributed by atoms with Crippen LogP contribution in [0.25, 0.3) is 0 Å². The van der Waals surface area contributed by atoms with Gasteiger partial charge in [-0.3, -0.25) is 4.79 Å². The summed E-state index contributed by atoms with van der Waals surface area (Å²) >= 11 is 0. The molecule has 4 nitrogen and oxygen atoms in total. The second-order valence-electron chi connectivity index (χ2n) is 4.21. The summed E-state index contributed by atoms with van der Waals surface area (Å²) < 4.78 is 9.97. The van der Waals surface area contributed by atoms with E-state index in [0.717, 1.165) is 0 Å². The van der Waals surface area contributed by atoms with E-state index in [-0.39, 0.29) is 18.0 Å². The zero-order valence-corrected chi connectivity index (χ0v) is 9.50. The molecule has 0 aliphatic rings. The number of nitrogens with two attached hydrogens (primary N) is 1. The molecule has 0 unspecified atom stereocenters. The van der Waals surface area contributed by atoms with Crippen molar-refractivity contribution in [1.82, 2.24) is 0 Å². The highest BCUT2D eigenvalue weighted by molar-refractivity contribution is 5.76. The Morgan fingerprint density at radius 2 is 1.93 bits per heavy atom. The van der Waals surface area contributed by atoms with Crippen LogP contribution >= 0.6 is 0 Å². The molecule has 0 aliphatic heterocycles. The SMILES string of the molecule is CCOCCOC(=O)[C@H](N)C(C)(C)C. The Labute approximate surface area is 85.8 Å². The normalized spacial score (nSPS) is 13.8. The average Bonchev–Trinajstić information content (AvgIpc) is 2.09. The van der Waals surface area contributed by atoms with Crippen molar-refractivity contribution in [3.63, 3.8) is 0 Å². The highest BCUT2D eigenvalue weighted by Crippen LogP contribution is 2.17. The fourth-order valence-electron chi connectivity index (χ4n) is 0.789. The maximum absolute atomic E-state index is 11.4. The van der Waals surface area contributed by atoms with Crippen LogP contribution in [0.1, 0.15) is 27.7 Å². The van der Waals surface area contributed by atoms with Crippen molar-refractivity contribution in [2.24, 2.45) is 11.1 Å². The highest BCUT2D eigenvalue weighted by Gasteiger charge is 2.28. The van der Waals surface area contributed by atoms with E-state index in [0.29, 0.717) is 13.2 Å². The molecular formula is C10H21NO3. The second-order valence-corrected chi connectivity index (χ2v) is 4.21. The summed E-state index contributed by atoms with van der Waals surface area (Å²) in [6, 6.07) is -0.580. The predicted molar refractivity (Wildman–Crippen MR) is 54.9 cm³/mol. The van der Waals surface area contributed by atoms with Crippen LogP contribution in [0.15, 0.2) is 0 Å². The number of esters is 1. The molecule has 1 atom stereocenters. The van der Waals surface area contributed by atoms with Crippen LogP contribution in [0.5, 0.6) is 0 Å². The molecule has 0 aromatic rings. The summed E-state index contributed by atoms with van der Waals surface area (Å²) in [5.41, 5.74) is 5.43. The zero-order valence-electron chi connectivity index (χ0n) is 9.50. The summed E-state index contributed by atoms with van der Waals surface area (Å²) in [6.45, 7) is 8.94. The third kappa shape index (κ3) is 5.19. The average molecular weight is 203 g/mol. The zero-order chi connectivity index (χ0) is 11.2. The van der Waals surface area contributed by atoms with Crippen LogP contribution in [0.4, 0.5) is 0 Å². The largest absolute Gasteiger partial charge is 0.462 e. The van der Waals surface area contributed by atoms with Gasteiger partial charge in [0.1, 0.15) is 12.6 Å². The van der Waals surface area contributed by atoms with Gasteiger partial charge in [0.25, 0.3) is 0 Å². The van der Waals surface area contributed by atoms with Crippen molar-refractivity contribution in [2.45, 2.75) is 33.7 Å². The van der Waals surface area contributed by atoms with Gasteiger partial charge >= 0.3 is 5.97 Å². The lowest BCUT2D eigenvalue weighted by Crippen LogP contribution is -2.43. The molecule has 0 saturated carbocycles. The van der Waals surface area contributed by atoms with Crippen molar-refractivity contribution in [3.8, 4) is 0 Å².